The average Bonchev–Trinajstić information content (AvgIpc) is 2.81. The molecule has 156 valence electrons. The van der Waals surface area contributed by atoms with Crippen molar-refractivity contribution in [2.75, 3.05) is 5.32 Å². The Morgan fingerprint density at radius 3 is 2.13 bits per heavy atom. The summed E-state index contributed by atoms with van der Waals surface area (Å²) >= 11 is 0. The fourth-order valence-corrected chi connectivity index (χ4v) is 3.60. The van der Waals surface area contributed by atoms with Gasteiger partial charge < -0.3 is 10.4 Å². The molecule has 0 heterocycles. The molecular weight excluding hydrogens is 395 g/mol. The molecule has 0 aliphatic carbocycles. The highest BCUT2D eigenvalue weighted by Gasteiger charge is 2.24. The molecular formula is C25H21FN2O3. The Hall–Kier alpha value is -3.77. The number of para-hydroxylation sites is 1. The number of nitrogens with one attached hydrogen (secondary N) is 2. The van der Waals surface area contributed by atoms with Crippen LogP contribution < -0.4 is 21.5 Å². The van der Waals surface area contributed by atoms with Crippen molar-refractivity contribution < 1.29 is 9.50 Å². The number of aromatic hydroxyl groups is 1. The van der Waals surface area contributed by atoms with Gasteiger partial charge in [-0.3, -0.25) is 14.9 Å². The van der Waals surface area contributed by atoms with Crippen molar-refractivity contribution in [3.05, 3.63) is 122 Å². The highest BCUT2D eigenvalue weighted by atomic mass is 19.1. The van der Waals surface area contributed by atoms with Crippen molar-refractivity contribution in [1.29, 1.82) is 0 Å². The summed E-state index contributed by atoms with van der Waals surface area (Å²) in [5.74, 6) is -0.901. The number of hydrogen-bond donors (Lipinski definition) is 3. The minimum absolute atomic E-state index is 0.0381. The molecule has 2 atom stereocenters. The maximum Gasteiger partial charge on any atom is 0.271 e. The fraction of sp³-hybridized carbons (Fsp3) is 0.120. The van der Waals surface area contributed by atoms with E-state index in [4.69, 9.17) is 0 Å². The molecule has 0 aromatic heterocycles. The zero-order valence-electron chi connectivity index (χ0n) is 16.8. The maximum absolute atomic E-state index is 13.6. The first-order chi connectivity index (χ1) is 15.0. The summed E-state index contributed by atoms with van der Waals surface area (Å²) in [6, 6.07) is 23.0. The van der Waals surface area contributed by atoms with Crippen molar-refractivity contribution in [3.8, 4) is 5.75 Å². The Bertz CT molecular complexity index is 1260. The Morgan fingerprint density at radius 1 is 0.806 bits per heavy atom. The van der Waals surface area contributed by atoms with Crippen LogP contribution in [0, 0.1) is 5.82 Å². The van der Waals surface area contributed by atoms with Crippen molar-refractivity contribution in [3.63, 3.8) is 0 Å². The van der Waals surface area contributed by atoms with Crippen LogP contribution in [0.25, 0.3) is 0 Å². The lowest BCUT2D eigenvalue weighted by atomic mass is 9.95. The standard InChI is InChI=1S/C25H21FN2O3/c1-15(16-7-3-2-4-8-16)27-21(17-11-13-18(26)14-12-17)19-9-5-6-10-20(19)28-22-23(29)25(31)24(22)30/h2-15,21,27-29H,1H3. The zero-order chi connectivity index (χ0) is 22.0. The van der Waals surface area contributed by atoms with Gasteiger partial charge in [0.05, 0.1) is 6.04 Å². The predicted octanol–water partition coefficient (Wildman–Crippen LogP) is 4.31. The van der Waals surface area contributed by atoms with E-state index in [0.29, 0.717) is 5.69 Å². The van der Waals surface area contributed by atoms with Crippen LogP contribution in [0.1, 0.15) is 35.7 Å². The summed E-state index contributed by atoms with van der Waals surface area (Å²) in [5.41, 5.74) is 1.48. The van der Waals surface area contributed by atoms with Gasteiger partial charge in [0.1, 0.15) is 11.5 Å². The predicted molar refractivity (Wildman–Crippen MR) is 119 cm³/mol. The SMILES string of the molecule is CC(NC(c1ccc(F)cc1)c1ccccc1Nc1c(O)c(=O)c1=O)c1ccccc1. The first-order valence-corrected chi connectivity index (χ1v) is 9.90. The molecule has 0 fully saturated rings. The normalized spacial score (nSPS) is 13.1. The van der Waals surface area contributed by atoms with Crippen LogP contribution in [-0.4, -0.2) is 5.11 Å². The summed E-state index contributed by atoms with van der Waals surface area (Å²) < 4.78 is 13.6. The smallest absolute Gasteiger partial charge is 0.271 e. The fourth-order valence-electron chi connectivity index (χ4n) is 3.60. The van der Waals surface area contributed by atoms with Gasteiger partial charge in [0, 0.05) is 11.7 Å². The summed E-state index contributed by atoms with van der Waals surface area (Å²) in [7, 11) is 0. The highest BCUT2D eigenvalue weighted by molar-refractivity contribution is 5.72. The van der Waals surface area contributed by atoms with Crippen LogP contribution in [0.5, 0.6) is 5.75 Å². The van der Waals surface area contributed by atoms with Crippen LogP contribution in [0.2, 0.25) is 0 Å². The molecule has 3 N–H and O–H groups in total. The third-order valence-corrected chi connectivity index (χ3v) is 5.34. The van der Waals surface area contributed by atoms with E-state index >= 15 is 0 Å². The zero-order valence-corrected chi connectivity index (χ0v) is 16.8. The number of anilines is 2. The summed E-state index contributed by atoms with van der Waals surface area (Å²) in [6.07, 6.45) is 0. The molecule has 4 aromatic carbocycles. The topological polar surface area (TPSA) is 78.4 Å². The van der Waals surface area contributed by atoms with Crippen LogP contribution in [0.3, 0.4) is 0 Å². The Kier molecular flexibility index (Phi) is 5.64. The molecule has 0 bridgehead atoms. The van der Waals surface area contributed by atoms with Gasteiger partial charge in [-0.2, -0.15) is 0 Å². The third-order valence-electron chi connectivity index (χ3n) is 5.34. The average molecular weight is 416 g/mol. The molecule has 6 heteroatoms. The van der Waals surface area contributed by atoms with Crippen molar-refractivity contribution in [2.24, 2.45) is 0 Å². The van der Waals surface area contributed by atoms with Crippen molar-refractivity contribution in [2.45, 2.75) is 19.0 Å². The summed E-state index contributed by atoms with van der Waals surface area (Å²) in [6.45, 7) is 2.03. The third kappa shape index (κ3) is 4.11. The summed E-state index contributed by atoms with van der Waals surface area (Å²) in [4.78, 5) is 23.2. The molecule has 0 spiro atoms. The van der Waals surface area contributed by atoms with Crippen LogP contribution in [-0.2, 0) is 0 Å². The van der Waals surface area contributed by atoms with Gasteiger partial charge in [-0.25, -0.2) is 4.39 Å². The van der Waals surface area contributed by atoms with E-state index in [0.717, 1.165) is 16.7 Å². The van der Waals surface area contributed by atoms with Gasteiger partial charge in [-0.05, 0) is 41.8 Å². The second-order valence-corrected chi connectivity index (χ2v) is 7.38. The lowest BCUT2D eigenvalue weighted by molar-refractivity contribution is 0.466. The monoisotopic (exact) mass is 416 g/mol. The molecule has 4 aromatic rings. The Labute approximate surface area is 178 Å². The quantitative estimate of drug-likeness (QED) is 0.391. The van der Waals surface area contributed by atoms with Crippen LogP contribution in [0.4, 0.5) is 15.8 Å². The van der Waals surface area contributed by atoms with Crippen LogP contribution in [0.15, 0.2) is 88.5 Å². The minimum Gasteiger partial charge on any atom is -0.502 e. The lowest BCUT2D eigenvalue weighted by Gasteiger charge is -2.27. The molecule has 2 unspecified atom stereocenters. The van der Waals surface area contributed by atoms with E-state index < -0.39 is 16.6 Å². The second-order valence-electron chi connectivity index (χ2n) is 7.38. The largest absolute Gasteiger partial charge is 0.502 e. The molecule has 0 aliphatic heterocycles. The van der Waals surface area contributed by atoms with E-state index in [2.05, 4.69) is 10.6 Å². The van der Waals surface area contributed by atoms with Gasteiger partial charge in [0.2, 0.25) is 0 Å². The van der Waals surface area contributed by atoms with E-state index in [1.54, 1.807) is 24.3 Å². The number of hydrogen-bond acceptors (Lipinski definition) is 5. The number of halogens is 1. The minimum atomic E-state index is -0.897. The van der Waals surface area contributed by atoms with Gasteiger partial charge in [0.25, 0.3) is 10.9 Å². The van der Waals surface area contributed by atoms with E-state index in [1.165, 1.54) is 12.1 Å². The molecule has 5 nitrogen and oxygen atoms in total. The maximum atomic E-state index is 13.6. The number of rotatable bonds is 7. The van der Waals surface area contributed by atoms with E-state index in [1.807, 2.05) is 49.4 Å². The van der Waals surface area contributed by atoms with Gasteiger partial charge in [-0.1, -0.05) is 60.7 Å². The second kappa shape index (κ2) is 8.53. The molecule has 4 rings (SSSR count). The first kappa shape index (κ1) is 20.5. The van der Waals surface area contributed by atoms with Crippen molar-refractivity contribution >= 4 is 11.4 Å². The van der Waals surface area contributed by atoms with E-state index in [9.17, 15) is 19.1 Å². The molecule has 0 aliphatic rings. The lowest BCUT2D eigenvalue weighted by Crippen LogP contribution is -2.33. The van der Waals surface area contributed by atoms with Gasteiger partial charge in [-0.15, -0.1) is 0 Å². The molecule has 0 saturated carbocycles. The van der Waals surface area contributed by atoms with Crippen molar-refractivity contribution in [1.82, 2.24) is 5.32 Å². The molecule has 0 amide bonds. The van der Waals surface area contributed by atoms with Crippen LogP contribution >= 0.6 is 0 Å². The van der Waals surface area contributed by atoms with Gasteiger partial charge in [0.15, 0.2) is 5.75 Å². The molecule has 0 saturated heterocycles. The Morgan fingerprint density at radius 2 is 1.45 bits per heavy atom. The molecule has 31 heavy (non-hydrogen) atoms. The van der Waals surface area contributed by atoms with Gasteiger partial charge >= 0.3 is 0 Å². The summed E-state index contributed by atoms with van der Waals surface area (Å²) in [5, 5.41) is 16.2. The van der Waals surface area contributed by atoms with E-state index in [-0.39, 0.29) is 23.6 Å². The first-order valence-electron chi connectivity index (χ1n) is 9.90. The number of benzene rings is 3. The Balaban J connectivity index is 1.74. The molecule has 0 radical (unpaired) electrons. The highest BCUT2D eigenvalue weighted by Crippen LogP contribution is 2.33.